The Labute approximate surface area is 197 Å². The summed E-state index contributed by atoms with van der Waals surface area (Å²) >= 11 is 0. The average Bonchev–Trinajstić information content (AvgIpc) is 3.28. The van der Waals surface area contributed by atoms with Gasteiger partial charge in [0.05, 0.1) is 38.6 Å². The van der Waals surface area contributed by atoms with Crippen molar-refractivity contribution in [2.75, 3.05) is 0 Å². The molecule has 10 nitrogen and oxygen atoms in total. The van der Waals surface area contributed by atoms with Gasteiger partial charge in [-0.25, -0.2) is 19.0 Å². The van der Waals surface area contributed by atoms with E-state index in [-0.39, 0.29) is 27.5 Å². The second-order valence-electron chi connectivity index (χ2n) is 7.67. The number of aryl methyl sites for hydroxylation is 1. The lowest BCUT2D eigenvalue weighted by atomic mass is 10.2. The molecule has 176 valence electrons. The molecule has 0 aliphatic carbocycles. The molecule has 4 aromatic rings. The van der Waals surface area contributed by atoms with Crippen LogP contribution in [-0.2, 0) is 0 Å². The van der Waals surface area contributed by atoms with E-state index in [1.54, 1.807) is 19.1 Å². The SMILES string of the molecule is C=c1[nH]n(-c2ccc(C(=O)O)cc2)c(=O)c1=CC=Cc1c(C)[nH]n(-c2ccc(C(=O)O)cc2)c1=O. The molecule has 0 aliphatic heterocycles. The first-order valence-corrected chi connectivity index (χ1v) is 10.3. The van der Waals surface area contributed by atoms with Crippen LogP contribution < -0.4 is 21.7 Å². The number of hydrogen-bond acceptors (Lipinski definition) is 4. The summed E-state index contributed by atoms with van der Waals surface area (Å²) in [4.78, 5) is 47.8. The van der Waals surface area contributed by atoms with E-state index in [0.717, 1.165) is 0 Å². The Balaban J connectivity index is 1.66. The van der Waals surface area contributed by atoms with Crippen molar-refractivity contribution < 1.29 is 19.8 Å². The smallest absolute Gasteiger partial charge is 0.335 e. The largest absolute Gasteiger partial charge is 0.478 e. The maximum Gasteiger partial charge on any atom is 0.335 e. The third kappa shape index (κ3) is 4.40. The topological polar surface area (TPSA) is 150 Å². The third-order valence-electron chi connectivity index (χ3n) is 5.39. The van der Waals surface area contributed by atoms with Crippen LogP contribution in [-0.4, -0.2) is 41.7 Å². The Morgan fingerprint density at radius 1 is 0.829 bits per heavy atom. The average molecular weight is 472 g/mol. The van der Waals surface area contributed by atoms with Crippen molar-refractivity contribution in [3.63, 3.8) is 0 Å². The first-order chi connectivity index (χ1) is 16.7. The number of carbonyl (C=O) groups is 2. The number of carboxylic acids is 2. The molecule has 35 heavy (non-hydrogen) atoms. The number of aromatic nitrogens is 4. The zero-order valence-electron chi connectivity index (χ0n) is 18.5. The highest BCUT2D eigenvalue weighted by Gasteiger charge is 2.11. The highest BCUT2D eigenvalue weighted by molar-refractivity contribution is 5.88. The Morgan fingerprint density at radius 3 is 1.80 bits per heavy atom. The molecule has 0 saturated heterocycles. The van der Waals surface area contributed by atoms with Gasteiger partial charge in [0.1, 0.15) is 0 Å². The first-order valence-electron chi connectivity index (χ1n) is 10.3. The molecule has 0 amide bonds. The maximum atomic E-state index is 12.9. The van der Waals surface area contributed by atoms with E-state index in [9.17, 15) is 19.2 Å². The van der Waals surface area contributed by atoms with Crippen molar-refractivity contribution in [2.45, 2.75) is 6.92 Å². The lowest BCUT2D eigenvalue weighted by Gasteiger charge is -2.01. The molecule has 2 heterocycles. The van der Waals surface area contributed by atoms with Crippen LogP contribution in [0.4, 0.5) is 0 Å². The van der Waals surface area contributed by atoms with Crippen LogP contribution in [0.2, 0.25) is 0 Å². The minimum atomic E-state index is -1.07. The number of carboxylic acid groups (broad SMARTS) is 2. The highest BCUT2D eigenvalue weighted by Crippen LogP contribution is 2.10. The normalized spacial score (nSPS) is 11.9. The molecule has 0 spiro atoms. The Morgan fingerprint density at radius 2 is 1.31 bits per heavy atom. The van der Waals surface area contributed by atoms with Crippen molar-refractivity contribution in [1.29, 1.82) is 0 Å². The molecule has 0 unspecified atom stereocenters. The van der Waals surface area contributed by atoms with Gasteiger partial charge in [-0.3, -0.25) is 19.8 Å². The summed E-state index contributed by atoms with van der Waals surface area (Å²) < 4.78 is 2.56. The van der Waals surface area contributed by atoms with Gasteiger partial charge in [-0.05, 0) is 67.6 Å². The summed E-state index contributed by atoms with van der Waals surface area (Å²) in [6.45, 7) is 5.57. The molecule has 0 fully saturated rings. The van der Waals surface area contributed by atoms with E-state index < -0.39 is 11.9 Å². The summed E-state index contributed by atoms with van der Waals surface area (Å²) in [5, 5.41) is 24.5. The number of H-pyrrole nitrogens is 2. The molecular weight excluding hydrogens is 452 g/mol. The van der Waals surface area contributed by atoms with Crippen molar-refractivity contribution in [2.24, 2.45) is 0 Å². The number of nitrogens with one attached hydrogen (secondary N) is 2. The highest BCUT2D eigenvalue weighted by atomic mass is 16.4. The summed E-state index contributed by atoms with van der Waals surface area (Å²) in [5.74, 6) is -2.12. The van der Waals surface area contributed by atoms with E-state index in [0.29, 0.717) is 28.0 Å². The quantitative estimate of drug-likeness (QED) is 0.332. The van der Waals surface area contributed by atoms with E-state index in [1.165, 1.54) is 64.0 Å². The Kier molecular flexibility index (Phi) is 5.94. The number of aromatic carboxylic acids is 2. The Hall–Kier alpha value is -5.12. The minimum Gasteiger partial charge on any atom is -0.478 e. The van der Waals surface area contributed by atoms with Gasteiger partial charge in [-0.15, -0.1) is 0 Å². The fourth-order valence-electron chi connectivity index (χ4n) is 3.53. The third-order valence-corrected chi connectivity index (χ3v) is 5.39. The monoisotopic (exact) mass is 472 g/mol. The molecule has 0 bridgehead atoms. The van der Waals surface area contributed by atoms with Crippen molar-refractivity contribution in [3.8, 4) is 11.4 Å². The molecule has 10 heteroatoms. The summed E-state index contributed by atoms with van der Waals surface area (Å²) in [6.07, 6.45) is 4.65. The zero-order chi connectivity index (χ0) is 25.3. The van der Waals surface area contributed by atoms with Gasteiger partial charge >= 0.3 is 11.9 Å². The van der Waals surface area contributed by atoms with Crippen molar-refractivity contribution in [3.05, 3.63) is 108 Å². The summed E-state index contributed by atoms with van der Waals surface area (Å²) in [6, 6.07) is 11.7. The molecule has 0 saturated carbocycles. The van der Waals surface area contributed by atoms with Gasteiger partial charge in [0, 0.05) is 5.69 Å². The standard InChI is InChI=1S/C25H20N4O6/c1-14-20(22(30)28(26-14)18-10-6-16(7-11-18)24(32)33)4-3-5-21-15(2)27-29(23(21)31)19-12-8-17(9-13-19)25(34)35/h3-13,26-27H,1H2,2H3,(H,32,33)(H,34,35). The lowest BCUT2D eigenvalue weighted by molar-refractivity contribution is 0.0686. The first kappa shape index (κ1) is 23.1. The van der Waals surface area contributed by atoms with Crippen LogP contribution >= 0.6 is 0 Å². The van der Waals surface area contributed by atoms with E-state index in [1.807, 2.05) is 0 Å². The fraction of sp³-hybridized carbons (Fsp3) is 0.0400. The molecule has 4 N–H and O–H groups in total. The van der Waals surface area contributed by atoms with Crippen molar-refractivity contribution in [1.82, 2.24) is 19.6 Å². The number of rotatable bonds is 6. The lowest BCUT2D eigenvalue weighted by Crippen LogP contribution is -2.33. The van der Waals surface area contributed by atoms with E-state index in [4.69, 9.17) is 10.2 Å². The van der Waals surface area contributed by atoms with E-state index >= 15 is 0 Å². The number of benzene rings is 2. The number of hydrogen-bond donors (Lipinski definition) is 4. The molecule has 0 atom stereocenters. The van der Waals surface area contributed by atoms with Crippen molar-refractivity contribution >= 4 is 30.7 Å². The van der Waals surface area contributed by atoms with Gasteiger partial charge in [-0.1, -0.05) is 12.7 Å². The summed E-state index contributed by atoms with van der Waals surface area (Å²) in [5.41, 5.74) is 1.37. The molecule has 0 radical (unpaired) electrons. The van der Waals surface area contributed by atoms with Crippen LogP contribution in [0.15, 0.2) is 64.2 Å². The van der Waals surface area contributed by atoms with Gasteiger partial charge in [0.2, 0.25) is 0 Å². The molecule has 4 rings (SSSR count). The zero-order valence-corrected chi connectivity index (χ0v) is 18.5. The second kappa shape index (κ2) is 9.02. The minimum absolute atomic E-state index is 0.100. The number of nitrogens with zero attached hydrogens (tertiary/aromatic N) is 2. The summed E-state index contributed by atoms with van der Waals surface area (Å²) in [7, 11) is 0. The van der Waals surface area contributed by atoms with Gasteiger partial charge in [-0.2, -0.15) is 0 Å². The predicted molar refractivity (Wildman–Crippen MR) is 130 cm³/mol. The molecular formula is C25H20N4O6. The molecule has 2 aromatic carbocycles. The van der Waals surface area contributed by atoms with Crippen LogP contribution in [0.1, 0.15) is 32.0 Å². The fourth-order valence-corrected chi connectivity index (χ4v) is 3.53. The molecule has 2 aromatic heterocycles. The van der Waals surface area contributed by atoms with Crippen LogP contribution in [0.3, 0.4) is 0 Å². The molecule has 0 aliphatic rings. The second-order valence-corrected chi connectivity index (χ2v) is 7.67. The van der Waals surface area contributed by atoms with Gasteiger partial charge in [0.15, 0.2) is 0 Å². The predicted octanol–water partition coefficient (Wildman–Crippen LogP) is 1.25. The maximum absolute atomic E-state index is 12.9. The number of aromatic amines is 2. The van der Waals surface area contributed by atoms with Crippen LogP contribution in [0, 0.1) is 6.92 Å². The van der Waals surface area contributed by atoms with Crippen LogP contribution in [0.5, 0.6) is 0 Å². The van der Waals surface area contributed by atoms with Gasteiger partial charge in [0.25, 0.3) is 11.1 Å². The Bertz CT molecular complexity index is 1700. The number of allylic oxidation sites excluding steroid dienone is 1. The van der Waals surface area contributed by atoms with E-state index in [2.05, 4.69) is 16.8 Å². The van der Waals surface area contributed by atoms with Crippen LogP contribution in [0.25, 0.3) is 30.1 Å². The van der Waals surface area contributed by atoms with Gasteiger partial charge < -0.3 is 10.2 Å².